The van der Waals surface area contributed by atoms with Gasteiger partial charge in [0.2, 0.25) is 5.91 Å². The van der Waals surface area contributed by atoms with Crippen molar-refractivity contribution in [1.29, 1.82) is 0 Å². The molecule has 0 spiro atoms. The summed E-state index contributed by atoms with van der Waals surface area (Å²) in [4.78, 5) is 29.2. The molecular weight excluding hydrogens is 268 g/mol. The van der Waals surface area contributed by atoms with Gasteiger partial charge in [0.25, 0.3) is 0 Å². The van der Waals surface area contributed by atoms with Gasteiger partial charge in [0, 0.05) is 50.9 Å². The van der Waals surface area contributed by atoms with Crippen molar-refractivity contribution in [3.05, 3.63) is 30.1 Å². The fraction of sp³-hybridized carbons (Fsp3) is 0.533. The molecule has 3 amide bonds. The third-order valence-electron chi connectivity index (χ3n) is 3.50. The number of amides is 3. The molecule has 2 rings (SSSR count). The van der Waals surface area contributed by atoms with Crippen LogP contribution in [-0.4, -0.2) is 47.5 Å². The van der Waals surface area contributed by atoms with Crippen molar-refractivity contribution in [2.45, 2.75) is 32.2 Å². The van der Waals surface area contributed by atoms with E-state index < -0.39 is 0 Å². The van der Waals surface area contributed by atoms with Crippen LogP contribution in [0.3, 0.4) is 0 Å². The fourth-order valence-corrected chi connectivity index (χ4v) is 2.52. The van der Waals surface area contributed by atoms with Crippen molar-refractivity contribution in [2.24, 2.45) is 0 Å². The summed E-state index contributed by atoms with van der Waals surface area (Å²) in [5.41, 5.74) is 0.965. The minimum Gasteiger partial charge on any atom is -0.352 e. The lowest BCUT2D eigenvalue weighted by Gasteiger charge is -2.33. The molecule has 0 unspecified atom stereocenters. The molecule has 0 saturated carbocycles. The molecule has 0 bridgehead atoms. The second-order valence-electron chi connectivity index (χ2n) is 5.29. The summed E-state index contributed by atoms with van der Waals surface area (Å²) in [6, 6.07) is 5.75. The Bertz CT molecular complexity index is 478. The smallest absolute Gasteiger partial charge is 0.317 e. The number of nitrogens with zero attached hydrogens (tertiary/aromatic N) is 2. The highest BCUT2D eigenvalue weighted by Gasteiger charge is 2.23. The van der Waals surface area contributed by atoms with Crippen molar-refractivity contribution < 1.29 is 9.59 Å². The summed E-state index contributed by atoms with van der Waals surface area (Å²) in [6.07, 6.45) is 4.31. The van der Waals surface area contributed by atoms with Gasteiger partial charge in [-0.1, -0.05) is 6.07 Å². The van der Waals surface area contributed by atoms with Crippen LogP contribution < -0.4 is 10.6 Å². The van der Waals surface area contributed by atoms with Crippen LogP contribution in [0.2, 0.25) is 0 Å². The van der Waals surface area contributed by atoms with Gasteiger partial charge in [-0.05, 0) is 25.0 Å². The van der Waals surface area contributed by atoms with Crippen LogP contribution in [0.25, 0.3) is 0 Å². The summed E-state index contributed by atoms with van der Waals surface area (Å²) >= 11 is 0. The lowest BCUT2D eigenvalue weighted by atomic mass is 10.1. The number of hydrogen-bond acceptors (Lipinski definition) is 3. The van der Waals surface area contributed by atoms with Gasteiger partial charge < -0.3 is 15.5 Å². The van der Waals surface area contributed by atoms with E-state index in [0.29, 0.717) is 13.1 Å². The molecule has 0 aromatic carbocycles. The fourth-order valence-electron chi connectivity index (χ4n) is 2.52. The van der Waals surface area contributed by atoms with Crippen LogP contribution in [0.1, 0.15) is 25.5 Å². The van der Waals surface area contributed by atoms with Crippen molar-refractivity contribution in [3.8, 4) is 0 Å². The first-order valence-electron chi connectivity index (χ1n) is 7.35. The number of hydrogen-bond donors (Lipinski definition) is 2. The number of aromatic nitrogens is 1. The highest BCUT2D eigenvalue weighted by molar-refractivity contribution is 5.75. The predicted molar refractivity (Wildman–Crippen MR) is 79.8 cm³/mol. The standard InChI is InChI=1S/C15H22N4O2/c1-12(20)18-14-6-4-10-19(11-14)15(21)17-9-7-13-5-2-3-8-16-13/h2-3,5,8,14H,4,6-7,9-11H2,1H3,(H,17,21)(H,18,20)/t14-/m1/s1. The number of pyridine rings is 1. The van der Waals surface area contributed by atoms with Crippen LogP contribution in [-0.2, 0) is 11.2 Å². The SMILES string of the molecule is CC(=O)N[C@@H]1CCCN(C(=O)NCCc2ccccn2)C1. The van der Waals surface area contributed by atoms with Crippen LogP contribution in [0.5, 0.6) is 0 Å². The number of rotatable bonds is 4. The van der Waals surface area contributed by atoms with Crippen LogP contribution >= 0.6 is 0 Å². The molecule has 1 atom stereocenters. The zero-order chi connectivity index (χ0) is 15.1. The van der Waals surface area contributed by atoms with Gasteiger partial charge in [-0.15, -0.1) is 0 Å². The zero-order valence-corrected chi connectivity index (χ0v) is 12.3. The summed E-state index contributed by atoms with van der Waals surface area (Å²) < 4.78 is 0. The van der Waals surface area contributed by atoms with E-state index in [1.165, 1.54) is 6.92 Å². The normalized spacial score (nSPS) is 18.1. The Morgan fingerprint density at radius 1 is 1.43 bits per heavy atom. The number of carbonyl (C=O) groups is 2. The minimum absolute atomic E-state index is 0.0441. The lowest BCUT2D eigenvalue weighted by molar-refractivity contribution is -0.119. The predicted octanol–water partition coefficient (Wildman–Crippen LogP) is 0.934. The molecule has 1 aliphatic heterocycles. The molecule has 0 aliphatic carbocycles. The molecule has 0 radical (unpaired) electrons. The van der Waals surface area contributed by atoms with Crippen molar-refractivity contribution in [1.82, 2.24) is 20.5 Å². The van der Waals surface area contributed by atoms with Gasteiger partial charge in [0.1, 0.15) is 0 Å². The first kappa shape index (κ1) is 15.3. The van der Waals surface area contributed by atoms with E-state index in [0.717, 1.165) is 31.5 Å². The number of nitrogens with one attached hydrogen (secondary N) is 2. The highest BCUT2D eigenvalue weighted by atomic mass is 16.2. The molecule has 2 N–H and O–H groups in total. The Hall–Kier alpha value is -2.11. The van der Waals surface area contributed by atoms with Crippen LogP contribution in [0.4, 0.5) is 4.79 Å². The molecule has 21 heavy (non-hydrogen) atoms. The average molecular weight is 290 g/mol. The van der Waals surface area contributed by atoms with Crippen LogP contribution in [0.15, 0.2) is 24.4 Å². The van der Waals surface area contributed by atoms with E-state index in [1.54, 1.807) is 11.1 Å². The van der Waals surface area contributed by atoms with Gasteiger partial charge in [-0.2, -0.15) is 0 Å². The second kappa shape index (κ2) is 7.61. The third-order valence-corrected chi connectivity index (χ3v) is 3.50. The van der Waals surface area contributed by atoms with Gasteiger partial charge in [-0.3, -0.25) is 9.78 Å². The number of urea groups is 1. The van der Waals surface area contributed by atoms with E-state index in [-0.39, 0.29) is 18.0 Å². The van der Waals surface area contributed by atoms with E-state index in [4.69, 9.17) is 0 Å². The minimum atomic E-state index is -0.0685. The molecule has 1 saturated heterocycles. The number of carbonyl (C=O) groups excluding carboxylic acids is 2. The zero-order valence-electron chi connectivity index (χ0n) is 12.3. The van der Waals surface area contributed by atoms with Crippen molar-refractivity contribution in [2.75, 3.05) is 19.6 Å². The third kappa shape index (κ3) is 5.06. The maximum absolute atomic E-state index is 12.1. The Labute approximate surface area is 124 Å². The summed E-state index contributed by atoms with van der Waals surface area (Å²) in [5.74, 6) is -0.0441. The monoisotopic (exact) mass is 290 g/mol. The maximum atomic E-state index is 12.1. The Morgan fingerprint density at radius 3 is 3.00 bits per heavy atom. The molecule has 2 heterocycles. The van der Waals surface area contributed by atoms with Crippen molar-refractivity contribution in [3.63, 3.8) is 0 Å². The van der Waals surface area contributed by atoms with Gasteiger partial charge in [0.15, 0.2) is 0 Å². The molecular formula is C15H22N4O2. The van der Waals surface area contributed by atoms with Crippen molar-refractivity contribution >= 4 is 11.9 Å². The first-order valence-corrected chi connectivity index (χ1v) is 7.35. The number of piperidine rings is 1. The molecule has 1 fully saturated rings. The van der Waals surface area contributed by atoms with E-state index in [9.17, 15) is 9.59 Å². The van der Waals surface area contributed by atoms with E-state index in [1.807, 2.05) is 18.2 Å². The Balaban J connectivity index is 1.73. The second-order valence-corrected chi connectivity index (χ2v) is 5.29. The summed E-state index contributed by atoms with van der Waals surface area (Å²) in [6.45, 7) is 3.39. The van der Waals surface area contributed by atoms with Gasteiger partial charge in [0.05, 0.1) is 0 Å². The molecule has 114 valence electrons. The van der Waals surface area contributed by atoms with Gasteiger partial charge >= 0.3 is 6.03 Å². The largest absolute Gasteiger partial charge is 0.352 e. The Kier molecular flexibility index (Phi) is 5.54. The topological polar surface area (TPSA) is 74.3 Å². The van der Waals surface area contributed by atoms with Gasteiger partial charge in [-0.25, -0.2) is 4.79 Å². The molecule has 1 aromatic heterocycles. The maximum Gasteiger partial charge on any atom is 0.317 e. The quantitative estimate of drug-likeness (QED) is 0.866. The van der Waals surface area contributed by atoms with E-state index in [2.05, 4.69) is 15.6 Å². The highest BCUT2D eigenvalue weighted by Crippen LogP contribution is 2.10. The summed E-state index contributed by atoms with van der Waals surface area (Å²) in [7, 11) is 0. The molecule has 6 heteroatoms. The molecule has 1 aromatic rings. The lowest BCUT2D eigenvalue weighted by Crippen LogP contribution is -2.52. The number of likely N-dealkylation sites (tertiary alicyclic amines) is 1. The molecule has 1 aliphatic rings. The van der Waals surface area contributed by atoms with E-state index >= 15 is 0 Å². The Morgan fingerprint density at radius 2 is 2.29 bits per heavy atom. The first-order chi connectivity index (χ1) is 10.1. The summed E-state index contributed by atoms with van der Waals surface area (Å²) in [5, 5.41) is 5.79. The average Bonchev–Trinajstić information content (AvgIpc) is 2.48. The van der Waals surface area contributed by atoms with Crippen LogP contribution in [0, 0.1) is 0 Å². The molecule has 6 nitrogen and oxygen atoms in total.